The van der Waals surface area contributed by atoms with Crippen molar-refractivity contribution in [1.82, 2.24) is 0 Å². The Labute approximate surface area is 122 Å². The number of anilines is 1. The summed E-state index contributed by atoms with van der Waals surface area (Å²) in [7, 11) is 0. The van der Waals surface area contributed by atoms with E-state index in [1.54, 1.807) is 0 Å². The molecule has 1 fully saturated rings. The Kier molecular flexibility index (Phi) is 5.72. The first-order chi connectivity index (χ1) is 9.69. The normalized spacial score (nSPS) is 18.1. The zero-order chi connectivity index (χ0) is 14.4. The van der Waals surface area contributed by atoms with Crippen LogP contribution in [0.4, 0.5) is 5.69 Å². The summed E-state index contributed by atoms with van der Waals surface area (Å²) in [6.45, 7) is 6.06. The quantitative estimate of drug-likeness (QED) is 0.762. The number of nitrogens with two attached hydrogens (primary N) is 1. The standard InChI is InChI=1S/C17H28N2O/c1-3-13(2)17(18)11-19-15-7-9-16(10-8-15)20-12-14-5-4-6-14/h7-10,13-14,17,19H,3-6,11-12,18H2,1-2H3/t13-,17+/m0/s1. The van der Waals surface area contributed by atoms with Gasteiger partial charge in [0.2, 0.25) is 0 Å². The van der Waals surface area contributed by atoms with Crippen LogP contribution in [0.2, 0.25) is 0 Å². The lowest BCUT2D eigenvalue weighted by atomic mass is 9.86. The van der Waals surface area contributed by atoms with Gasteiger partial charge >= 0.3 is 0 Å². The number of hydrogen-bond donors (Lipinski definition) is 2. The van der Waals surface area contributed by atoms with Gasteiger partial charge in [0.15, 0.2) is 0 Å². The van der Waals surface area contributed by atoms with Crippen molar-refractivity contribution in [1.29, 1.82) is 0 Å². The van der Waals surface area contributed by atoms with Gasteiger partial charge < -0.3 is 15.8 Å². The van der Waals surface area contributed by atoms with Gasteiger partial charge in [0.05, 0.1) is 6.61 Å². The largest absolute Gasteiger partial charge is 0.493 e. The molecule has 0 heterocycles. The second kappa shape index (κ2) is 7.53. The molecule has 1 aliphatic rings. The average Bonchev–Trinajstić information content (AvgIpc) is 2.43. The Hall–Kier alpha value is -1.22. The second-order valence-corrected chi connectivity index (χ2v) is 6.06. The third-order valence-corrected chi connectivity index (χ3v) is 4.48. The average molecular weight is 276 g/mol. The first-order valence-corrected chi connectivity index (χ1v) is 7.91. The van der Waals surface area contributed by atoms with Crippen molar-refractivity contribution in [3.8, 4) is 5.75 Å². The van der Waals surface area contributed by atoms with Crippen molar-refractivity contribution in [2.75, 3.05) is 18.5 Å². The number of rotatable bonds is 8. The number of hydrogen-bond acceptors (Lipinski definition) is 3. The SMILES string of the molecule is CC[C@H](C)[C@H](N)CNc1ccc(OCC2CCC2)cc1. The Morgan fingerprint density at radius 2 is 2.00 bits per heavy atom. The topological polar surface area (TPSA) is 47.3 Å². The molecule has 3 N–H and O–H groups in total. The lowest BCUT2D eigenvalue weighted by Crippen LogP contribution is -2.35. The van der Waals surface area contributed by atoms with E-state index in [4.69, 9.17) is 10.5 Å². The number of ether oxygens (including phenoxy) is 1. The van der Waals surface area contributed by atoms with Crippen molar-refractivity contribution >= 4 is 5.69 Å². The Morgan fingerprint density at radius 3 is 2.55 bits per heavy atom. The number of benzene rings is 1. The molecule has 1 saturated carbocycles. The van der Waals surface area contributed by atoms with Crippen LogP contribution in [0.25, 0.3) is 0 Å². The van der Waals surface area contributed by atoms with E-state index >= 15 is 0 Å². The van der Waals surface area contributed by atoms with Crippen LogP contribution >= 0.6 is 0 Å². The van der Waals surface area contributed by atoms with Crippen LogP contribution in [-0.2, 0) is 0 Å². The summed E-state index contributed by atoms with van der Waals surface area (Å²) in [6, 6.07) is 8.42. The summed E-state index contributed by atoms with van der Waals surface area (Å²) < 4.78 is 5.79. The minimum absolute atomic E-state index is 0.203. The lowest BCUT2D eigenvalue weighted by molar-refractivity contribution is 0.180. The van der Waals surface area contributed by atoms with Gasteiger partial charge in [-0.25, -0.2) is 0 Å². The van der Waals surface area contributed by atoms with Crippen molar-refractivity contribution in [2.45, 2.75) is 45.6 Å². The molecular formula is C17H28N2O. The van der Waals surface area contributed by atoms with E-state index in [9.17, 15) is 0 Å². The summed E-state index contributed by atoms with van der Waals surface area (Å²) in [4.78, 5) is 0. The predicted molar refractivity (Wildman–Crippen MR) is 85.2 cm³/mol. The molecule has 0 amide bonds. The number of nitrogens with one attached hydrogen (secondary N) is 1. The molecular weight excluding hydrogens is 248 g/mol. The second-order valence-electron chi connectivity index (χ2n) is 6.06. The van der Waals surface area contributed by atoms with Crippen LogP contribution in [0.3, 0.4) is 0 Å². The highest BCUT2D eigenvalue weighted by atomic mass is 16.5. The monoisotopic (exact) mass is 276 g/mol. The van der Waals surface area contributed by atoms with E-state index < -0.39 is 0 Å². The molecule has 2 rings (SSSR count). The van der Waals surface area contributed by atoms with Crippen LogP contribution in [0.15, 0.2) is 24.3 Å². The molecule has 0 aromatic heterocycles. The highest BCUT2D eigenvalue weighted by Crippen LogP contribution is 2.27. The van der Waals surface area contributed by atoms with Crippen molar-refractivity contribution in [2.24, 2.45) is 17.6 Å². The van der Waals surface area contributed by atoms with Crippen molar-refractivity contribution in [3.05, 3.63) is 24.3 Å². The van der Waals surface area contributed by atoms with Crippen LogP contribution in [0.1, 0.15) is 39.5 Å². The van der Waals surface area contributed by atoms with Gasteiger partial charge in [0.1, 0.15) is 5.75 Å². The minimum atomic E-state index is 0.203. The summed E-state index contributed by atoms with van der Waals surface area (Å²) in [5.74, 6) is 2.29. The van der Waals surface area contributed by atoms with Gasteiger partial charge in [-0.15, -0.1) is 0 Å². The highest BCUT2D eigenvalue weighted by molar-refractivity contribution is 5.46. The molecule has 1 aromatic carbocycles. The fourth-order valence-corrected chi connectivity index (χ4v) is 2.28. The minimum Gasteiger partial charge on any atom is -0.493 e. The van der Waals surface area contributed by atoms with E-state index in [1.807, 2.05) is 12.1 Å². The van der Waals surface area contributed by atoms with E-state index in [2.05, 4.69) is 31.3 Å². The molecule has 1 aliphatic carbocycles. The van der Waals surface area contributed by atoms with Crippen LogP contribution < -0.4 is 15.8 Å². The summed E-state index contributed by atoms with van der Waals surface area (Å²) in [5.41, 5.74) is 7.23. The van der Waals surface area contributed by atoms with E-state index in [0.29, 0.717) is 5.92 Å². The van der Waals surface area contributed by atoms with Crippen LogP contribution in [0, 0.1) is 11.8 Å². The Bertz CT molecular complexity index is 386. The van der Waals surface area contributed by atoms with E-state index in [-0.39, 0.29) is 6.04 Å². The Morgan fingerprint density at radius 1 is 1.30 bits per heavy atom. The fourth-order valence-electron chi connectivity index (χ4n) is 2.28. The lowest BCUT2D eigenvalue weighted by Gasteiger charge is -2.25. The van der Waals surface area contributed by atoms with Gasteiger partial charge in [-0.2, -0.15) is 0 Å². The van der Waals surface area contributed by atoms with Crippen LogP contribution in [0.5, 0.6) is 5.75 Å². The molecule has 0 aliphatic heterocycles. The maximum Gasteiger partial charge on any atom is 0.119 e. The molecule has 1 aromatic rings. The molecule has 0 saturated heterocycles. The third kappa shape index (κ3) is 4.41. The molecule has 112 valence electrons. The highest BCUT2D eigenvalue weighted by Gasteiger charge is 2.17. The molecule has 20 heavy (non-hydrogen) atoms. The van der Waals surface area contributed by atoms with Crippen LogP contribution in [-0.4, -0.2) is 19.2 Å². The third-order valence-electron chi connectivity index (χ3n) is 4.48. The van der Waals surface area contributed by atoms with Gasteiger partial charge in [0, 0.05) is 18.3 Å². The smallest absolute Gasteiger partial charge is 0.119 e. The summed E-state index contributed by atoms with van der Waals surface area (Å²) in [5, 5.41) is 3.39. The predicted octanol–water partition coefficient (Wildman–Crippen LogP) is 3.65. The maximum absolute atomic E-state index is 6.12. The first kappa shape index (κ1) is 15.2. The van der Waals surface area contributed by atoms with Gasteiger partial charge in [-0.05, 0) is 48.9 Å². The molecule has 2 atom stereocenters. The Balaban J connectivity index is 1.73. The molecule has 0 spiro atoms. The molecule has 0 unspecified atom stereocenters. The first-order valence-electron chi connectivity index (χ1n) is 7.91. The van der Waals surface area contributed by atoms with Crippen molar-refractivity contribution < 1.29 is 4.74 Å². The molecule has 0 radical (unpaired) electrons. The van der Waals surface area contributed by atoms with E-state index in [0.717, 1.165) is 36.9 Å². The summed E-state index contributed by atoms with van der Waals surface area (Å²) >= 11 is 0. The van der Waals surface area contributed by atoms with Crippen molar-refractivity contribution in [3.63, 3.8) is 0 Å². The fraction of sp³-hybridized carbons (Fsp3) is 0.647. The van der Waals surface area contributed by atoms with Gasteiger partial charge in [-0.1, -0.05) is 26.7 Å². The van der Waals surface area contributed by atoms with Gasteiger partial charge in [0.25, 0.3) is 0 Å². The van der Waals surface area contributed by atoms with E-state index in [1.165, 1.54) is 19.3 Å². The van der Waals surface area contributed by atoms with Gasteiger partial charge in [-0.3, -0.25) is 0 Å². The molecule has 0 bridgehead atoms. The molecule has 3 heteroatoms. The molecule has 3 nitrogen and oxygen atoms in total. The zero-order valence-electron chi connectivity index (χ0n) is 12.8. The zero-order valence-corrected chi connectivity index (χ0v) is 12.8. The maximum atomic E-state index is 6.12. The summed E-state index contributed by atoms with van der Waals surface area (Å²) in [6.07, 6.45) is 5.14.